The van der Waals surface area contributed by atoms with Crippen LogP contribution in [0.15, 0.2) is 0 Å². The summed E-state index contributed by atoms with van der Waals surface area (Å²) < 4.78 is 23.3. The Morgan fingerprint density at radius 2 is 1.94 bits per heavy atom. The smallest absolute Gasteiger partial charge is 0.320 e. The Balaban J connectivity index is 1.18. The van der Waals surface area contributed by atoms with Crippen molar-refractivity contribution in [3.05, 3.63) is 0 Å². The minimum atomic E-state index is -0.572. The molecule has 4 saturated carbocycles. The van der Waals surface area contributed by atoms with Crippen molar-refractivity contribution >= 4 is 17.9 Å². The van der Waals surface area contributed by atoms with E-state index in [4.69, 9.17) is 18.9 Å². The first-order valence-corrected chi connectivity index (χ1v) is 12.8. The second-order valence-corrected chi connectivity index (χ2v) is 11.5. The van der Waals surface area contributed by atoms with Crippen LogP contribution in [0.2, 0.25) is 0 Å². The molecule has 8 heteroatoms. The van der Waals surface area contributed by atoms with Gasteiger partial charge in [0.2, 0.25) is 0 Å². The molecule has 6 rings (SSSR count). The lowest BCUT2D eigenvalue weighted by Gasteiger charge is -2.42. The molecule has 4 aliphatic carbocycles. The Morgan fingerprint density at radius 3 is 2.61 bits per heavy atom. The SMILES string of the molecule is CC(C)C1(OC(=O)C2C3CC4C(OC(=O)C42)C3OC(=O)CN2CCOCC2)CC2CCC1C2. The normalized spacial score (nSPS) is 45.6. The van der Waals surface area contributed by atoms with Crippen LogP contribution >= 0.6 is 0 Å². The van der Waals surface area contributed by atoms with E-state index in [0.717, 1.165) is 19.3 Å². The van der Waals surface area contributed by atoms with Gasteiger partial charge in [0.15, 0.2) is 0 Å². The van der Waals surface area contributed by atoms with Gasteiger partial charge in [0, 0.05) is 24.9 Å². The van der Waals surface area contributed by atoms with Gasteiger partial charge < -0.3 is 18.9 Å². The molecule has 4 bridgehead atoms. The van der Waals surface area contributed by atoms with Gasteiger partial charge in [0.05, 0.1) is 31.6 Å². The van der Waals surface area contributed by atoms with Gasteiger partial charge in [-0.15, -0.1) is 0 Å². The van der Waals surface area contributed by atoms with E-state index in [9.17, 15) is 14.4 Å². The summed E-state index contributed by atoms with van der Waals surface area (Å²) in [5, 5.41) is 0. The van der Waals surface area contributed by atoms with Crippen LogP contribution < -0.4 is 0 Å². The third-order valence-corrected chi connectivity index (χ3v) is 9.65. The van der Waals surface area contributed by atoms with E-state index >= 15 is 0 Å². The van der Waals surface area contributed by atoms with Gasteiger partial charge in [0.25, 0.3) is 0 Å². The molecule has 9 unspecified atom stereocenters. The summed E-state index contributed by atoms with van der Waals surface area (Å²) in [6.45, 7) is 7.08. The van der Waals surface area contributed by atoms with Crippen LogP contribution in [0.25, 0.3) is 0 Å². The predicted octanol–water partition coefficient (Wildman–Crippen LogP) is 1.80. The number of carbonyl (C=O) groups excluding carboxylic acids is 3. The molecule has 2 aliphatic heterocycles. The first kappa shape index (κ1) is 21.8. The van der Waals surface area contributed by atoms with Crippen molar-refractivity contribution < 1.29 is 33.3 Å². The second-order valence-electron chi connectivity index (χ2n) is 11.5. The fourth-order valence-corrected chi connectivity index (χ4v) is 8.13. The number of hydrogen-bond acceptors (Lipinski definition) is 8. The van der Waals surface area contributed by atoms with Crippen molar-refractivity contribution in [2.24, 2.45) is 41.4 Å². The molecule has 0 aromatic carbocycles. The summed E-state index contributed by atoms with van der Waals surface area (Å²) in [6.07, 6.45) is 4.10. The third kappa shape index (κ3) is 3.34. The third-order valence-electron chi connectivity index (χ3n) is 9.65. The summed E-state index contributed by atoms with van der Waals surface area (Å²) >= 11 is 0. The standard InChI is InChI=1S/C25H35NO7/c1-13(2)25(11-14-3-4-15(25)9-14)33-24(29)20-17-10-16-19(20)23(28)32-22(16)21(17)31-18(27)12-26-5-7-30-8-6-26/h13-17,19-22H,3-12H2,1-2H3. The van der Waals surface area contributed by atoms with Crippen LogP contribution in [-0.2, 0) is 33.3 Å². The molecule has 0 N–H and O–H groups in total. The van der Waals surface area contributed by atoms with Crippen LogP contribution in [-0.4, -0.2) is 73.5 Å². The van der Waals surface area contributed by atoms with Crippen molar-refractivity contribution in [3.63, 3.8) is 0 Å². The summed E-state index contributed by atoms with van der Waals surface area (Å²) in [4.78, 5) is 41.1. The Labute approximate surface area is 194 Å². The number of nitrogens with zero attached hydrogens (tertiary/aromatic N) is 1. The highest BCUT2D eigenvalue weighted by Gasteiger charge is 2.71. The number of fused-ring (bicyclic) bond motifs is 3. The van der Waals surface area contributed by atoms with E-state index in [0.29, 0.717) is 44.6 Å². The zero-order chi connectivity index (χ0) is 22.9. The van der Waals surface area contributed by atoms with Gasteiger partial charge in [0.1, 0.15) is 17.8 Å². The van der Waals surface area contributed by atoms with Gasteiger partial charge in [-0.1, -0.05) is 13.8 Å². The molecule has 0 spiro atoms. The number of hydrogen-bond donors (Lipinski definition) is 0. The zero-order valence-electron chi connectivity index (χ0n) is 19.6. The number of rotatable bonds is 6. The van der Waals surface area contributed by atoms with E-state index in [1.165, 1.54) is 6.42 Å². The van der Waals surface area contributed by atoms with Gasteiger partial charge in [-0.3, -0.25) is 19.3 Å². The average molecular weight is 462 g/mol. The lowest BCUT2D eigenvalue weighted by molar-refractivity contribution is -0.186. The van der Waals surface area contributed by atoms with Crippen LogP contribution in [0.5, 0.6) is 0 Å². The zero-order valence-corrected chi connectivity index (χ0v) is 19.6. The van der Waals surface area contributed by atoms with E-state index < -0.39 is 29.6 Å². The minimum Gasteiger partial charge on any atom is -0.458 e. The first-order valence-electron chi connectivity index (χ1n) is 12.8. The fourth-order valence-electron chi connectivity index (χ4n) is 8.13. The maximum atomic E-state index is 13.7. The first-order chi connectivity index (χ1) is 15.9. The predicted molar refractivity (Wildman–Crippen MR) is 115 cm³/mol. The van der Waals surface area contributed by atoms with E-state index in [-0.39, 0.29) is 42.2 Å². The Kier molecular flexibility index (Phi) is 5.25. The molecule has 2 saturated heterocycles. The average Bonchev–Trinajstić information content (AvgIpc) is 3.56. The molecule has 33 heavy (non-hydrogen) atoms. The minimum absolute atomic E-state index is 0.0590. The van der Waals surface area contributed by atoms with Gasteiger partial charge >= 0.3 is 17.9 Å². The lowest BCUT2D eigenvalue weighted by Crippen LogP contribution is -2.50. The highest BCUT2D eigenvalue weighted by molar-refractivity contribution is 5.86. The Morgan fingerprint density at radius 1 is 1.15 bits per heavy atom. The number of morpholine rings is 1. The number of ether oxygens (including phenoxy) is 4. The fraction of sp³-hybridized carbons (Fsp3) is 0.880. The quantitative estimate of drug-likeness (QED) is 0.437. The van der Waals surface area contributed by atoms with E-state index in [1.54, 1.807) is 0 Å². The molecular formula is C25H35NO7. The van der Waals surface area contributed by atoms with Crippen LogP contribution in [0.4, 0.5) is 0 Å². The molecule has 9 atom stereocenters. The molecule has 0 aromatic rings. The molecule has 2 heterocycles. The van der Waals surface area contributed by atoms with Crippen LogP contribution in [0.1, 0.15) is 46.0 Å². The Hall–Kier alpha value is -1.67. The lowest BCUT2D eigenvalue weighted by atomic mass is 9.75. The molecule has 0 aromatic heterocycles. The number of esters is 3. The molecule has 0 amide bonds. The summed E-state index contributed by atoms with van der Waals surface area (Å²) in [5.74, 6) is -0.935. The molecular weight excluding hydrogens is 426 g/mol. The molecule has 182 valence electrons. The number of carbonyl (C=O) groups is 3. The van der Waals surface area contributed by atoms with Crippen LogP contribution in [0, 0.1) is 41.4 Å². The van der Waals surface area contributed by atoms with E-state index in [2.05, 4.69) is 13.8 Å². The molecule has 6 aliphatic rings. The summed E-state index contributed by atoms with van der Waals surface area (Å²) in [5.41, 5.74) is -0.424. The van der Waals surface area contributed by atoms with Gasteiger partial charge in [-0.2, -0.15) is 0 Å². The van der Waals surface area contributed by atoms with Crippen molar-refractivity contribution in [1.29, 1.82) is 0 Å². The molecule has 0 radical (unpaired) electrons. The largest absolute Gasteiger partial charge is 0.458 e. The van der Waals surface area contributed by atoms with Gasteiger partial charge in [-0.25, -0.2) is 0 Å². The van der Waals surface area contributed by atoms with Crippen LogP contribution in [0.3, 0.4) is 0 Å². The highest BCUT2D eigenvalue weighted by atomic mass is 16.6. The van der Waals surface area contributed by atoms with Gasteiger partial charge in [-0.05, 0) is 49.9 Å². The summed E-state index contributed by atoms with van der Waals surface area (Å²) in [6, 6.07) is 0. The monoisotopic (exact) mass is 461 g/mol. The molecule has 8 nitrogen and oxygen atoms in total. The topological polar surface area (TPSA) is 91.4 Å². The maximum absolute atomic E-state index is 13.7. The van der Waals surface area contributed by atoms with Crippen molar-refractivity contribution in [2.45, 2.75) is 63.8 Å². The maximum Gasteiger partial charge on any atom is 0.320 e. The van der Waals surface area contributed by atoms with E-state index in [1.807, 2.05) is 4.90 Å². The Bertz CT molecular complexity index is 839. The van der Waals surface area contributed by atoms with Crippen molar-refractivity contribution in [3.8, 4) is 0 Å². The highest BCUT2D eigenvalue weighted by Crippen LogP contribution is 2.61. The summed E-state index contributed by atoms with van der Waals surface area (Å²) in [7, 11) is 0. The van der Waals surface area contributed by atoms with Crippen molar-refractivity contribution in [1.82, 2.24) is 4.90 Å². The molecule has 6 fully saturated rings. The van der Waals surface area contributed by atoms with Crippen molar-refractivity contribution in [2.75, 3.05) is 32.8 Å². The second kappa shape index (κ2) is 7.94.